The minimum Gasteiger partial charge on any atom is -0.700 e. The van der Waals surface area contributed by atoms with E-state index in [1.54, 1.807) is 12.1 Å². The molecule has 2 nitrogen and oxygen atoms in total. The molecular weight excluding hydrogens is 162 g/mol. The Labute approximate surface area is 107 Å². The van der Waals surface area contributed by atoms with Crippen LogP contribution in [0.3, 0.4) is 0 Å². The molecule has 0 aliphatic heterocycles. The van der Waals surface area contributed by atoms with E-state index in [1.165, 1.54) is 0 Å². The number of benzene rings is 2. The predicted molar refractivity (Wildman–Crippen MR) is 51.9 cm³/mol. The molecule has 2 rings (SSSR count). The van der Waals surface area contributed by atoms with Crippen LogP contribution in [0.4, 0.5) is 11.4 Å². The third-order valence-corrected chi connectivity index (χ3v) is 1.89. The number of rotatable bonds is 0. The second-order valence-corrected chi connectivity index (χ2v) is 2.74. The van der Waals surface area contributed by atoms with E-state index in [4.69, 9.17) is 11.5 Å². The summed E-state index contributed by atoms with van der Waals surface area (Å²) in [6.07, 6.45) is 0. The van der Waals surface area contributed by atoms with Crippen LogP contribution < -0.4 is 37.7 Å². The first-order valence-corrected chi connectivity index (χ1v) is 3.73. The largest absolute Gasteiger partial charge is 1.00 e. The Hall–Kier alpha value is -0.505. The van der Waals surface area contributed by atoms with Gasteiger partial charge in [-0.25, -0.2) is 0 Å². The zero-order valence-corrected chi connectivity index (χ0v) is 8.46. The van der Waals surface area contributed by atoms with Gasteiger partial charge in [0.25, 0.3) is 0 Å². The topological polar surface area (TPSA) is 47.6 Å². The molecule has 2 aromatic rings. The van der Waals surface area contributed by atoms with Gasteiger partial charge in [0.15, 0.2) is 0 Å². The molecule has 2 N–H and O–H groups in total. The van der Waals surface area contributed by atoms with E-state index >= 15 is 0 Å². The zero-order chi connectivity index (χ0) is 8.55. The summed E-state index contributed by atoms with van der Waals surface area (Å²) in [7, 11) is 0. The quantitative estimate of drug-likeness (QED) is 0.419. The number of nitrogens with one attached hydrogen (secondary N) is 2. The number of hydrogen-bond donors (Lipinski definition) is 0. The van der Waals surface area contributed by atoms with Crippen LogP contribution in [-0.4, -0.2) is 0 Å². The Balaban J connectivity index is 0.000000845. The molecule has 0 bridgehead atoms. The average molecular weight is 170 g/mol. The molecular formula is C10H8Li2N2. The molecule has 0 saturated carbocycles. The van der Waals surface area contributed by atoms with Crippen LogP contribution in [0, 0.1) is 0 Å². The van der Waals surface area contributed by atoms with Crippen molar-refractivity contribution in [2.75, 3.05) is 0 Å². The summed E-state index contributed by atoms with van der Waals surface area (Å²) in [6.45, 7) is 0. The van der Waals surface area contributed by atoms with Crippen molar-refractivity contribution in [3.8, 4) is 0 Å². The SMILES string of the molecule is [Li+].[Li+].[NH-]c1cc2ccccc2cc1[NH-]. The van der Waals surface area contributed by atoms with Crippen LogP contribution in [0.25, 0.3) is 22.2 Å². The van der Waals surface area contributed by atoms with Gasteiger partial charge in [0, 0.05) is 0 Å². The van der Waals surface area contributed by atoms with Crippen molar-refractivity contribution in [1.29, 1.82) is 0 Å². The first-order valence-electron chi connectivity index (χ1n) is 3.73. The molecule has 0 aliphatic carbocycles. The predicted octanol–water partition coefficient (Wildman–Crippen LogP) is -1.78. The van der Waals surface area contributed by atoms with Crippen molar-refractivity contribution in [1.82, 2.24) is 0 Å². The molecule has 0 saturated heterocycles. The van der Waals surface area contributed by atoms with Gasteiger partial charge in [-0.1, -0.05) is 36.4 Å². The molecule has 0 fully saturated rings. The summed E-state index contributed by atoms with van der Waals surface area (Å²) in [5, 5.41) is 2.05. The Kier molecular flexibility index (Phi) is 5.20. The summed E-state index contributed by atoms with van der Waals surface area (Å²) >= 11 is 0. The molecule has 0 aliphatic rings. The molecule has 60 valence electrons. The second kappa shape index (κ2) is 5.39. The van der Waals surface area contributed by atoms with E-state index in [1.807, 2.05) is 24.3 Å². The molecule has 0 unspecified atom stereocenters. The summed E-state index contributed by atoms with van der Waals surface area (Å²) in [5.41, 5.74) is 15.4. The summed E-state index contributed by atoms with van der Waals surface area (Å²) < 4.78 is 0. The van der Waals surface area contributed by atoms with Gasteiger partial charge in [-0.15, -0.1) is 0 Å². The number of hydrogen-bond acceptors (Lipinski definition) is 0. The van der Waals surface area contributed by atoms with E-state index in [0.29, 0.717) is 0 Å². The zero-order valence-electron chi connectivity index (χ0n) is 8.46. The van der Waals surface area contributed by atoms with E-state index in [2.05, 4.69) is 0 Å². The Morgan fingerprint density at radius 1 is 0.714 bits per heavy atom. The molecule has 0 spiro atoms. The maximum absolute atomic E-state index is 7.41. The minimum atomic E-state index is 0. The van der Waals surface area contributed by atoms with Gasteiger partial charge in [0.1, 0.15) is 0 Å². The van der Waals surface area contributed by atoms with Crippen LogP contribution in [-0.2, 0) is 0 Å². The van der Waals surface area contributed by atoms with E-state index in [-0.39, 0.29) is 49.1 Å². The molecule has 0 aromatic heterocycles. The molecule has 14 heavy (non-hydrogen) atoms. The van der Waals surface area contributed by atoms with Crippen LogP contribution in [0.1, 0.15) is 0 Å². The summed E-state index contributed by atoms with van der Waals surface area (Å²) in [6, 6.07) is 11.2. The van der Waals surface area contributed by atoms with Gasteiger partial charge in [-0.2, -0.15) is 11.4 Å². The normalized spacial score (nSPS) is 8.86. The van der Waals surface area contributed by atoms with Crippen molar-refractivity contribution in [2.24, 2.45) is 0 Å². The van der Waals surface area contributed by atoms with Crippen LogP contribution in [0.5, 0.6) is 0 Å². The fourth-order valence-corrected chi connectivity index (χ4v) is 1.24. The van der Waals surface area contributed by atoms with Crippen LogP contribution in [0.15, 0.2) is 36.4 Å². The Morgan fingerprint density at radius 3 is 1.43 bits per heavy atom. The third kappa shape index (κ3) is 2.50. The second-order valence-electron chi connectivity index (χ2n) is 2.74. The molecule has 0 atom stereocenters. The monoisotopic (exact) mass is 170 g/mol. The van der Waals surface area contributed by atoms with Gasteiger partial charge >= 0.3 is 37.7 Å². The van der Waals surface area contributed by atoms with Gasteiger partial charge in [0.05, 0.1) is 0 Å². The van der Waals surface area contributed by atoms with Gasteiger partial charge in [-0.3, -0.25) is 0 Å². The van der Waals surface area contributed by atoms with E-state index in [0.717, 1.165) is 10.8 Å². The average Bonchev–Trinajstić information content (AvgIpc) is 2.07. The molecule has 4 heteroatoms. The Bertz CT molecular complexity index is 389. The van der Waals surface area contributed by atoms with Crippen molar-refractivity contribution in [3.05, 3.63) is 47.9 Å². The van der Waals surface area contributed by atoms with Gasteiger partial charge < -0.3 is 11.5 Å². The molecule has 0 amide bonds. The van der Waals surface area contributed by atoms with E-state index in [9.17, 15) is 0 Å². The van der Waals surface area contributed by atoms with Crippen molar-refractivity contribution >= 4 is 22.1 Å². The number of fused-ring (bicyclic) bond motifs is 1. The fraction of sp³-hybridized carbons (Fsp3) is 0. The van der Waals surface area contributed by atoms with Crippen molar-refractivity contribution < 1.29 is 37.7 Å². The molecule has 0 radical (unpaired) electrons. The molecule has 0 heterocycles. The standard InChI is InChI=1S/C10H8N2.2Li/c11-9-5-7-3-1-2-4-8(7)6-10(9)12;;/h1-6,11-12H;;/q-2;2*+1. The molecule has 2 aromatic carbocycles. The van der Waals surface area contributed by atoms with Crippen molar-refractivity contribution in [3.63, 3.8) is 0 Å². The first-order chi connectivity index (χ1) is 5.77. The fourth-order valence-electron chi connectivity index (χ4n) is 1.24. The maximum Gasteiger partial charge on any atom is 1.00 e. The first kappa shape index (κ1) is 13.5. The summed E-state index contributed by atoms with van der Waals surface area (Å²) in [4.78, 5) is 0. The minimum absolute atomic E-state index is 0. The van der Waals surface area contributed by atoms with E-state index < -0.39 is 0 Å². The van der Waals surface area contributed by atoms with Gasteiger partial charge in [-0.05, 0) is 10.8 Å². The van der Waals surface area contributed by atoms with Crippen LogP contribution >= 0.6 is 0 Å². The van der Waals surface area contributed by atoms with Crippen LogP contribution in [0.2, 0.25) is 0 Å². The third-order valence-electron chi connectivity index (χ3n) is 1.89. The smallest absolute Gasteiger partial charge is 0.700 e. The van der Waals surface area contributed by atoms with Gasteiger partial charge in [0.2, 0.25) is 0 Å². The maximum atomic E-state index is 7.41. The van der Waals surface area contributed by atoms with Crippen molar-refractivity contribution in [2.45, 2.75) is 0 Å². The summed E-state index contributed by atoms with van der Waals surface area (Å²) in [5.74, 6) is 0. The Morgan fingerprint density at radius 2 is 1.07 bits per heavy atom.